The Kier molecular flexibility index (Phi) is 6.18. The smallest absolute Gasteiger partial charge is 0.270 e. The standard InChI is InChI=1S/C18H24FN5O4S/c1-29(27,28)11-10-22-6-8-23(9-7-22)18(26)15-12-16(17(20)25)24(21-15)14-4-2-13(19)3-5-14/h2-5,16H,6-12H2,1H3,(H2,20,25). The van der Waals surface area contributed by atoms with Crippen LogP contribution in [0, 0.1) is 5.82 Å². The van der Waals surface area contributed by atoms with E-state index in [0.717, 1.165) is 0 Å². The summed E-state index contributed by atoms with van der Waals surface area (Å²) in [6, 6.07) is 4.64. The molecule has 1 saturated heterocycles. The van der Waals surface area contributed by atoms with Crippen molar-refractivity contribution in [3.63, 3.8) is 0 Å². The number of hydrogen-bond donors (Lipinski definition) is 1. The summed E-state index contributed by atoms with van der Waals surface area (Å²) in [5.74, 6) is -1.23. The van der Waals surface area contributed by atoms with Crippen molar-refractivity contribution >= 4 is 33.1 Å². The van der Waals surface area contributed by atoms with Crippen LogP contribution in [0.15, 0.2) is 29.4 Å². The molecule has 0 radical (unpaired) electrons. The second kappa shape index (κ2) is 8.46. The van der Waals surface area contributed by atoms with E-state index in [1.165, 1.54) is 35.5 Å². The topological polar surface area (TPSA) is 116 Å². The van der Waals surface area contributed by atoms with Crippen LogP contribution < -0.4 is 10.7 Å². The number of rotatable bonds is 6. The van der Waals surface area contributed by atoms with Gasteiger partial charge in [0.1, 0.15) is 27.4 Å². The van der Waals surface area contributed by atoms with E-state index in [2.05, 4.69) is 5.10 Å². The van der Waals surface area contributed by atoms with E-state index < -0.39 is 27.6 Å². The van der Waals surface area contributed by atoms with Crippen molar-refractivity contribution in [1.29, 1.82) is 0 Å². The van der Waals surface area contributed by atoms with Gasteiger partial charge in [0, 0.05) is 45.4 Å². The number of piperazine rings is 1. The summed E-state index contributed by atoms with van der Waals surface area (Å²) < 4.78 is 35.8. The number of nitrogens with zero attached hydrogens (tertiary/aromatic N) is 4. The highest BCUT2D eigenvalue weighted by Crippen LogP contribution is 2.25. The molecule has 1 unspecified atom stereocenters. The molecule has 1 aromatic rings. The summed E-state index contributed by atoms with van der Waals surface area (Å²) in [6.45, 7) is 2.45. The van der Waals surface area contributed by atoms with Crippen LogP contribution in [0.1, 0.15) is 6.42 Å². The zero-order chi connectivity index (χ0) is 21.2. The average Bonchev–Trinajstić information content (AvgIpc) is 3.12. The van der Waals surface area contributed by atoms with Crippen molar-refractivity contribution < 1.29 is 22.4 Å². The van der Waals surface area contributed by atoms with Crippen molar-refractivity contribution in [2.75, 3.05) is 49.7 Å². The molecule has 0 bridgehead atoms. The summed E-state index contributed by atoms with van der Waals surface area (Å²) in [5.41, 5.74) is 6.17. The third-order valence-corrected chi connectivity index (χ3v) is 5.94. The summed E-state index contributed by atoms with van der Waals surface area (Å²) >= 11 is 0. The minimum Gasteiger partial charge on any atom is -0.368 e. The largest absolute Gasteiger partial charge is 0.368 e. The van der Waals surface area contributed by atoms with Crippen LogP contribution in [0.25, 0.3) is 0 Å². The molecule has 11 heteroatoms. The molecule has 2 aliphatic rings. The van der Waals surface area contributed by atoms with Crippen LogP contribution in [0.4, 0.5) is 10.1 Å². The van der Waals surface area contributed by atoms with Crippen molar-refractivity contribution in [3.8, 4) is 0 Å². The lowest BCUT2D eigenvalue weighted by molar-refractivity contribution is -0.125. The van der Waals surface area contributed by atoms with Crippen LogP contribution >= 0.6 is 0 Å². The molecule has 2 aliphatic heterocycles. The van der Waals surface area contributed by atoms with Gasteiger partial charge in [-0.2, -0.15) is 5.10 Å². The average molecular weight is 425 g/mol. The van der Waals surface area contributed by atoms with Crippen LogP contribution in [0.2, 0.25) is 0 Å². The highest BCUT2D eigenvalue weighted by molar-refractivity contribution is 7.90. The number of hydrazone groups is 1. The molecule has 3 rings (SSSR count). The molecule has 2 heterocycles. The fourth-order valence-electron chi connectivity index (χ4n) is 3.34. The van der Waals surface area contributed by atoms with Crippen LogP contribution in [0.3, 0.4) is 0 Å². The number of nitrogens with two attached hydrogens (primary N) is 1. The Labute approximate surface area is 168 Å². The Morgan fingerprint density at radius 1 is 1.17 bits per heavy atom. The molecular formula is C18H24FN5O4S. The number of carbonyl (C=O) groups excluding carboxylic acids is 2. The fourth-order valence-corrected chi connectivity index (χ4v) is 3.93. The number of amides is 2. The second-order valence-electron chi connectivity index (χ2n) is 7.25. The highest BCUT2D eigenvalue weighted by Gasteiger charge is 2.37. The maximum atomic E-state index is 13.2. The summed E-state index contributed by atoms with van der Waals surface area (Å²) in [4.78, 5) is 28.3. The quantitative estimate of drug-likeness (QED) is 0.653. The van der Waals surface area contributed by atoms with Gasteiger partial charge in [-0.05, 0) is 24.3 Å². The number of benzene rings is 1. The maximum absolute atomic E-state index is 13.2. The number of carbonyl (C=O) groups is 2. The summed E-state index contributed by atoms with van der Waals surface area (Å²) in [5, 5.41) is 5.65. The van der Waals surface area contributed by atoms with Gasteiger partial charge in [0.25, 0.3) is 5.91 Å². The zero-order valence-electron chi connectivity index (χ0n) is 16.1. The molecule has 0 spiro atoms. The van der Waals surface area contributed by atoms with Gasteiger partial charge in [0.2, 0.25) is 5.91 Å². The van der Waals surface area contributed by atoms with Gasteiger partial charge < -0.3 is 10.6 Å². The van der Waals surface area contributed by atoms with Gasteiger partial charge in [-0.3, -0.25) is 19.5 Å². The highest BCUT2D eigenvalue weighted by atomic mass is 32.2. The van der Waals surface area contributed by atoms with Gasteiger partial charge in [-0.15, -0.1) is 0 Å². The molecule has 2 N–H and O–H groups in total. The Morgan fingerprint density at radius 2 is 1.79 bits per heavy atom. The van der Waals surface area contributed by atoms with E-state index in [1.54, 1.807) is 4.90 Å². The van der Waals surface area contributed by atoms with Gasteiger partial charge in [-0.1, -0.05) is 0 Å². The zero-order valence-corrected chi connectivity index (χ0v) is 16.9. The third kappa shape index (κ3) is 5.30. The number of primary amides is 1. The molecule has 158 valence electrons. The minimum absolute atomic E-state index is 0.0832. The minimum atomic E-state index is -3.03. The number of halogens is 1. The first-order valence-electron chi connectivity index (χ1n) is 9.25. The van der Waals surface area contributed by atoms with Gasteiger partial charge in [-0.25, -0.2) is 12.8 Å². The molecule has 2 amide bonds. The Hall–Kier alpha value is -2.53. The van der Waals surface area contributed by atoms with Crippen molar-refractivity contribution in [1.82, 2.24) is 9.80 Å². The van der Waals surface area contributed by atoms with E-state index >= 15 is 0 Å². The number of anilines is 1. The Morgan fingerprint density at radius 3 is 2.34 bits per heavy atom. The number of sulfone groups is 1. The lowest BCUT2D eigenvalue weighted by atomic mass is 10.1. The van der Waals surface area contributed by atoms with E-state index in [0.29, 0.717) is 38.4 Å². The van der Waals surface area contributed by atoms with Crippen LogP contribution in [-0.2, 0) is 19.4 Å². The molecular weight excluding hydrogens is 401 g/mol. The lowest BCUT2D eigenvalue weighted by Gasteiger charge is -2.34. The first-order valence-corrected chi connectivity index (χ1v) is 11.3. The van der Waals surface area contributed by atoms with Gasteiger partial charge in [0.05, 0.1) is 11.4 Å². The third-order valence-electron chi connectivity index (χ3n) is 5.01. The van der Waals surface area contributed by atoms with Gasteiger partial charge in [0.15, 0.2) is 0 Å². The SMILES string of the molecule is CS(=O)(=O)CCN1CCN(C(=O)C2=NN(c3ccc(F)cc3)C(C(N)=O)C2)CC1. The van der Waals surface area contributed by atoms with E-state index in [9.17, 15) is 22.4 Å². The molecule has 0 aliphatic carbocycles. The van der Waals surface area contributed by atoms with E-state index in [4.69, 9.17) is 5.73 Å². The van der Waals surface area contributed by atoms with E-state index in [-0.39, 0.29) is 23.8 Å². The lowest BCUT2D eigenvalue weighted by Crippen LogP contribution is -2.51. The van der Waals surface area contributed by atoms with Crippen LogP contribution in [0.5, 0.6) is 0 Å². The maximum Gasteiger partial charge on any atom is 0.270 e. The monoisotopic (exact) mass is 425 g/mol. The molecule has 1 atom stereocenters. The van der Waals surface area contributed by atoms with Crippen molar-refractivity contribution in [2.24, 2.45) is 10.8 Å². The predicted octanol–water partition coefficient (Wildman–Crippen LogP) is -0.565. The number of hydrogen-bond acceptors (Lipinski definition) is 7. The Bertz CT molecular complexity index is 911. The first-order chi connectivity index (χ1) is 13.6. The molecule has 29 heavy (non-hydrogen) atoms. The fraction of sp³-hybridized carbons (Fsp3) is 0.500. The summed E-state index contributed by atoms with van der Waals surface area (Å²) in [6.07, 6.45) is 1.28. The van der Waals surface area contributed by atoms with Crippen molar-refractivity contribution in [2.45, 2.75) is 12.5 Å². The van der Waals surface area contributed by atoms with Gasteiger partial charge >= 0.3 is 0 Å². The molecule has 1 fully saturated rings. The second-order valence-corrected chi connectivity index (χ2v) is 9.51. The molecule has 9 nitrogen and oxygen atoms in total. The molecule has 0 saturated carbocycles. The summed E-state index contributed by atoms with van der Waals surface area (Å²) in [7, 11) is -3.03. The molecule has 0 aromatic heterocycles. The predicted molar refractivity (Wildman–Crippen MR) is 107 cm³/mol. The van der Waals surface area contributed by atoms with E-state index in [1.807, 2.05) is 4.90 Å². The van der Waals surface area contributed by atoms with Crippen LogP contribution in [-0.4, -0.2) is 86.5 Å². The normalized spacial score (nSPS) is 20.6. The molecule has 1 aromatic carbocycles. The Balaban J connectivity index is 1.65. The van der Waals surface area contributed by atoms with Crippen molar-refractivity contribution in [3.05, 3.63) is 30.1 Å². The first kappa shape index (κ1) is 21.2.